The highest BCUT2D eigenvalue weighted by Crippen LogP contribution is 2.29. The lowest BCUT2D eigenvalue weighted by molar-refractivity contribution is -0.115. The van der Waals surface area contributed by atoms with Gasteiger partial charge in [-0.3, -0.25) is 9.59 Å². The number of para-hydroxylation sites is 1. The van der Waals surface area contributed by atoms with Crippen LogP contribution < -0.4 is 5.32 Å². The number of ketones is 1. The summed E-state index contributed by atoms with van der Waals surface area (Å²) in [6, 6.07) is 14.1. The number of fused-ring (bicyclic) bond motifs is 1. The number of carbonyl (C=O) groups is 2. The van der Waals surface area contributed by atoms with Gasteiger partial charge in [-0.25, -0.2) is 0 Å². The van der Waals surface area contributed by atoms with Crippen molar-refractivity contribution < 1.29 is 9.59 Å². The smallest absolute Gasteiger partial charge is 0.232 e. The van der Waals surface area contributed by atoms with Crippen LogP contribution in [0.15, 0.2) is 47.6 Å². The SMILES string of the molecule is CCCn1c(C)c(C(=O)CSc2nnc(CC(=O)Nc3ccc(C)cc3C)n2CC(C)C)c2ccccc21. The van der Waals surface area contributed by atoms with Gasteiger partial charge >= 0.3 is 0 Å². The molecule has 0 aliphatic carbocycles. The summed E-state index contributed by atoms with van der Waals surface area (Å²) in [4.78, 5) is 26.4. The summed E-state index contributed by atoms with van der Waals surface area (Å²) in [7, 11) is 0. The van der Waals surface area contributed by atoms with E-state index < -0.39 is 0 Å². The van der Waals surface area contributed by atoms with Crippen LogP contribution in [-0.2, 0) is 24.3 Å². The summed E-state index contributed by atoms with van der Waals surface area (Å²) in [6.45, 7) is 14.0. The number of rotatable bonds is 11. The van der Waals surface area contributed by atoms with Gasteiger partial charge in [0.15, 0.2) is 10.9 Å². The maximum Gasteiger partial charge on any atom is 0.232 e. The van der Waals surface area contributed by atoms with Gasteiger partial charge in [-0.2, -0.15) is 0 Å². The largest absolute Gasteiger partial charge is 0.344 e. The third kappa shape index (κ3) is 6.01. The lowest BCUT2D eigenvalue weighted by Gasteiger charge is -2.13. The maximum atomic E-state index is 13.5. The van der Waals surface area contributed by atoms with Gasteiger partial charge in [0.1, 0.15) is 5.82 Å². The first kappa shape index (κ1) is 27.6. The van der Waals surface area contributed by atoms with E-state index in [2.05, 4.69) is 46.9 Å². The van der Waals surface area contributed by atoms with E-state index in [4.69, 9.17) is 0 Å². The lowest BCUT2D eigenvalue weighted by Crippen LogP contribution is -2.19. The predicted octanol–water partition coefficient (Wildman–Crippen LogP) is 6.38. The van der Waals surface area contributed by atoms with Crippen LogP contribution in [0.5, 0.6) is 0 Å². The van der Waals surface area contributed by atoms with Gasteiger partial charge in [0.2, 0.25) is 5.91 Å². The van der Waals surface area contributed by atoms with Crippen LogP contribution in [0.4, 0.5) is 5.69 Å². The van der Waals surface area contributed by atoms with E-state index in [1.54, 1.807) is 0 Å². The van der Waals surface area contributed by atoms with Crippen molar-refractivity contribution in [2.75, 3.05) is 11.1 Å². The Morgan fingerprint density at radius 2 is 1.79 bits per heavy atom. The van der Waals surface area contributed by atoms with Gasteiger partial charge in [-0.15, -0.1) is 10.2 Å². The average Bonchev–Trinajstić information content (AvgIpc) is 3.36. The minimum atomic E-state index is -0.138. The zero-order valence-electron chi connectivity index (χ0n) is 23.2. The second kappa shape index (κ2) is 12.0. The van der Waals surface area contributed by atoms with Crippen LogP contribution in [0.3, 0.4) is 0 Å². The van der Waals surface area contributed by atoms with Crippen LogP contribution in [0.25, 0.3) is 10.9 Å². The standard InChI is InChI=1S/C30H37N5O2S/c1-7-14-34-22(6)29(23-10-8-9-11-25(23)34)26(36)18-38-30-33-32-27(35(30)17-19(2)3)16-28(37)31-24-13-12-20(4)15-21(24)5/h8-13,15,19H,7,14,16-18H2,1-6H3,(H,31,37). The minimum Gasteiger partial charge on any atom is -0.344 e. The molecule has 0 saturated heterocycles. The highest BCUT2D eigenvalue weighted by atomic mass is 32.2. The lowest BCUT2D eigenvalue weighted by atomic mass is 10.1. The predicted molar refractivity (Wildman–Crippen MR) is 155 cm³/mol. The summed E-state index contributed by atoms with van der Waals surface area (Å²) in [5, 5.41) is 13.4. The Morgan fingerprint density at radius 1 is 1.03 bits per heavy atom. The summed E-state index contributed by atoms with van der Waals surface area (Å²) >= 11 is 1.39. The molecule has 0 spiro atoms. The van der Waals surface area contributed by atoms with Crippen LogP contribution >= 0.6 is 11.8 Å². The van der Waals surface area contributed by atoms with Crippen LogP contribution in [0, 0.1) is 26.7 Å². The Balaban J connectivity index is 1.52. The van der Waals surface area contributed by atoms with Crippen molar-refractivity contribution in [3.05, 3.63) is 70.7 Å². The Labute approximate surface area is 229 Å². The second-order valence-electron chi connectivity index (χ2n) is 10.3. The van der Waals surface area contributed by atoms with Crippen molar-refractivity contribution in [2.45, 2.75) is 72.6 Å². The van der Waals surface area contributed by atoms with Gasteiger partial charge < -0.3 is 14.5 Å². The van der Waals surface area contributed by atoms with Crippen LogP contribution in [0.1, 0.15) is 60.2 Å². The molecule has 0 saturated carbocycles. The summed E-state index contributed by atoms with van der Waals surface area (Å²) in [6.07, 6.45) is 1.12. The number of hydrogen-bond donors (Lipinski definition) is 1. The molecule has 2 aromatic heterocycles. The van der Waals surface area contributed by atoms with E-state index in [1.807, 2.05) is 61.7 Å². The van der Waals surface area contributed by atoms with E-state index in [0.29, 0.717) is 23.4 Å². The third-order valence-corrected chi connectivity index (χ3v) is 7.57. The molecule has 7 nitrogen and oxygen atoms in total. The fourth-order valence-corrected chi connectivity index (χ4v) is 5.73. The molecule has 200 valence electrons. The molecule has 2 heterocycles. The van der Waals surface area contributed by atoms with Crippen molar-refractivity contribution in [1.29, 1.82) is 0 Å². The van der Waals surface area contributed by atoms with E-state index >= 15 is 0 Å². The van der Waals surface area contributed by atoms with Gasteiger partial charge in [0.05, 0.1) is 12.2 Å². The summed E-state index contributed by atoms with van der Waals surface area (Å²) in [5.41, 5.74) is 5.86. The third-order valence-electron chi connectivity index (χ3n) is 6.61. The number of anilines is 1. The van der Waals surface area contributed by atoms with Gasteiger partial charge in [0, 0.05) is 40.9 Å². The molecule has 0 atom stereocenters. The van der Waals surface area contributed by atoms with E-state index in [0.717, 1.165) is 51.9 Å². The average molecular weight is 532 g/mol. The Bertz CT molecular complexity index is 1470. The molecule has 4 rings (SSSR count). The molecule has 0 radical (unpaired) electrons. The van der Waals surface area contributed by atoms with E-state index in [1.165, 1.54) is 11.8 Å². The molecule has 0 aliphatic heterocycles. The zero-order valence-corrected chi connectivity index (χ0v) is 24.0. The van der Waals surface area contributed by atoms with Crippen molar-refractivity contribution in [2.24, 2.45) is 5.92 Å². The first-order chi connectivity index (χ1) is 18.2. The van der Waals surface area contributed by atoms with Crippen molar-refractivity contribution in [3.8, 4) is 0 Å². The maximum absolute atomic E-state index is 13.5. The van der Waals surface area contributed by atoms with Crippen molar-refractivity contribution >= 4 is 40.0 Å². The molecular formula is C30H37N5O2S. The molecule has 0 unspecified atom stereocenters. The monoisotopic (exact) mass is 531 g/mol. The topological polar surface area (TPSA) is 81.8 Å². The number of amides is 1. The number of aryl methyl sites for hydroxylation is 3. The molecule has 8 heteroatoms. The second-order valence-corrected chi connectivity index (χ2v) is 11.2. The molecule has 1 N–H and O–H groups in total. The van der Waals surface area contributed by atoms with Crippen molar-refractivity contribution in [3.63, 3.8) is 0 Å². The number of nitrogens with zero attached hydrogens (tertiary/aromatic N) is 4. The number of benzene rings is 2. The molecule has 0 bridgehead atoms. The number of Topliss-reactive ketones (excluding diaryl/α,β-unsaturated/α-hetero) is 1. The Morgan fingerprint density at radius 3 is 2.50 bits per heavy atom. The van der Waals surface area contributed by atoms with E-state index in [9.17, 15) is 9.59 Å². The molecule has 2 aromatic carbocycles. The quantitative estimate of drug-likeness (QED) is 0.179. The van der Waals surface area contributed by atoms with Crippen LogP contribution in [0.2, 0.25) is 0 Å². The van der Waals surface area contributed by atoms with Crippen LogP contribution in [-0.4, -0.2) is 36.8 Å². The summed E-state index contributed by atoms with van der Waals surface area (Å²) < 4.78 is 4.22. The number of nitrogens with one attached hydrogen (secondary N) is 1. The molecule has 38 heavy (non-hydrogen) atoms. The van der Waals surface area contributed by atoms with Gasteiger partial charge in [0.25, 0.3) is 0 Å². The van der Waals surface area contributed by atoms with Gasteiger partial charge in [-0.1, -0.05) is 68.4 Å². The van der Waals surface area contributed by atoms with Crippen molar-refractivity contribution in [1.82, 2.24) is 19.3 Å². The Hall–Kier alpha value is -3.39. The fourth-order valence-electron chi connectivity index (χ4n) is 4.89. The highest BCUT2D eigenvalue weighted by Gasteiger charge is 2.22. The Kier molecular flexibility index (Phi) is 8.72. The van der Waals surface area contributed by atoms with Gasteiger partial charge in [-0.05, 0) is 50.8 Å². The molecule has 0 fully saturated rings. The molecule has 0 aliphatic rings. The number of hydrogen-bond acceptors (Lipinski definition) is 5. The number of aromatic nitrogens is 4. The molecule has 4 aromatic rings. The number of carbonyl (C=O) groups excluding carboxylic acids is 2. The highest BCUT2D eigenvalue weighted by molar-refractivity contribution is 7.99. The first-order valence-corrected chi connectivity index (χ1v) is 14.2. The molecule has 1 amide bonds. The zero-order chi connectivity index (χ0) is 27.4. The van der Waals surface area contributed by atoms with E-state index in [-0.39, 0.29) is 23.9 Å². The first-order valence-electron chi connectivity index (χ1n) is 13.2. The molecular weight excluding hydrogens is 494 g/mol. The summed E-state index contributed by atoms with van der Waals surface area (Å²) in [5.74, 6) is 1.13. The normalized spacial score (nSPS) is 11.4. The fraction of sp³-hybridized carbons (Fsp3) is 0.400. The minimum absolute atomic E-state index is 0.0757. The number of thioether (sulfide) groups is 1.